The van der Waals surface area contributed by atoms with Crippen LogP contribution in [0.3, 0.4) is 0 Å². The van der Waals surface area contributed by atoms with Crippen molar-refractivity contribution in [1.29, 1.82) is 0 Å². The Morgan fingerprint density at radius 3 is 2.35 bits per heavy atom. The predicted octanol–water partition coefficient (Wildman–Crippen LogP) is 2.49. The summed E-state index contributed by atoms with van der Waals surface area (Å²) in [5.74, 6) is -2.27. The monoisotopic (exact) mass is 298 g/mol. The van der Waals surface area contributed by atoms with Gasteiger partial charge in [0.2, 0.25) is 10.0 Å². The van der Waals surface area contributed by atoms with Crippen LogP contribution in [0.5, 0.6) is 0 Å². The van der Waals surface area contributed by atoms with Gasteiger partial charge in [-0.3, -0.25) is 4.72 Å². The molecule has 2 aromatic carbocycles. The summed E-state index contributed by atoms with van der Waals surface area (Å²) >= 11 is 0. The maximum atomic E-state index is 13.5. The van der Waals surface area contributed by atoms with Crippen molar-refractivity contribution < 1.29 is 17.2 Å². The Morgan fingerprint density at radius 1 is 1.05 bits per heavy atom. The lowest BCUT2D eigenvalue weighted by molar-refractivity contribution is 0.585. The summed E-state index contributed by atoms with van der Waals surface area (Å²) in [5, 5.41) is 0. The molecule has 0 amide bonds. The Bertz CT molecular complexity index is 719. The number of anilines is 2. The number of nitrogens with one attached hydrogen (secondary N) is 1. The first-order chi connectivity index (χ1) is 9.37. The van der Waals surface area contributed by atoms with Gasteiger partial charge in [0.15, 0.2) is 0 Å². The van der Waals surface area contributed by atoms with E-state index in [9.17, 15) is 17.2 Å². The molecule has 2 rings (SSSR count). The molecule has 0 saturated carbocycles. The Morgan fingerprint density at radius 2 is 1.70 bits per heavy atom. The third-order valence-corrected chi connectivity index (χ3v) is 3.80. The fourth-order valence-electron chi connectivity index (χ4n) is 1.64. The molecule has 0 fully saturated rings. The molecular formula is C13H12F2N2O2S. The molecular weight excluding hydrogens is 286 g/mol. The highest BCUT2D eigenvalue weighted by Gasteiger charge is 2.16. The summed E-state index contributed by atoms with van der Waals surface area (Å²) < 4.78 is 52.3. The van der Waals surface area contributed by atoms with Gasteiger partial charge in [0.1, 0.15) is 11.6 Å². The largest absolute Gasteiger partial charge is 0.396 e. The number of nitrogens with two attached hydrogens (primary N) is 1. The van der Waals surface area contributed by atoms with Crippen LogP contribution < -0.4 is 10.5 Å². The zero-order chi connectivity index (χ0) is 14.8. The highest BCUT2D eigenvalue weighted by atomic mass is 32.2. The molecule has 3 N–H and O–H groups in total. The average Bonchev–Trinajstić information content (AvgIpc) is 2.36. The second kappa shape index (κ2) is 5.46. The quantitative estimate of drug-likeness (QED) is 0.852. The topological polar surface area (TPSA) is 72.2 Å². The summed E-state index contributed by atoms with van der Waals surface area (Å²) in [6.07, 6.45) is 0. The molecule has 0 aliphatic carbocycles. The number of rotatable bonds is 4. The number of hydrogen-bond donors (Lipinski definition) is 2. The van der Waals surface area contributed by atoms with Crippen LogP contribution in [-0.2, 0) is 15.8 Å². The molecule has 0 aromatic heterocycles. The number of benzene rings is 2. The Kier molecular flexibility index (Phi) is 3.89. The fourth-order valence-corrected chi connectivity index (χ4v) is 2.84. The van der Waals surface area contributed by atoms with E-state index in [1.165, 1.54) is 0 Å². The molecule has 20 heavy (non-hydrogen) atoms. The Balaban J connectivity index is 2.23. The smallest absolute Gasteiger partial charge is 0.237 e. The van der Waals surface area contributed by atoms with Crippen LogP contribution in [0.4, 0.5) is 20.2 Å². The van der Waals surface area contributed by atoms with Crippen LogP contribution in [-0.4, -0.2) is 8.42 Å². The molecule has 106 valence electrons. The Hall–Kier alpha value is -2.15. The first-order valence-corrected chi connectivity index (χ1v) is 7.31. The van der Waals surface area contributed by atoms with Gasteiger partial charge in [-0.1, -0.05) is 30.3 Å². The van der Waals surface area contributed by atoms with Crippen LogP contribution in [0.15, 0.2) is 42.5 Å². The summed E-state index contributed by atoms with van der Waals surface area (Å²) in [4.78, 5) is 0. The maximum Gasteiger partial charge on any atom is 0.237 e. The van der Waals surface area contributed by atoms with E-state index in [-0.39, 0.29) is 17.1 Å². The standard InChI is InChI=1S/C13H12F2N2O2S/c14-10-6-11(15)13(7-12(10)16)17-20(18,19)8-9-4-2-1-3-5-9/h1-7,17H,8,16H2. The van der Waals surface area contributed by atoms with E-state index < -0.39 is 21.7 Å². The van der Waals surface area contributed by atoms with Gasteiger partial charge >= 0.3 is 0 Å². The van der Waals surface area contributed by atoms with Gasteiger partial charge < -0.3 is 5.73 Å². The van der Waals surface area contributed by atoms with E-state index in [4.69, 9.17) is 5.73 Å². The lowest BCUT2D eigenvalue weighted by Gasteiger charge is -2.10. The van der Waals surface area contributed by atoms with Crippen molar-refractivity contribution in [3.8, 4) is 0 Å². The Labute approximate surface area is 115 Å². The highest BCUT2D eigenvalue weighted by Crippen LogP contribution is 2.22. The van der Waals surface area contributed by atoms with Gasteiger partial charge in [0, 0.05) is 6.07 Å². The van der Waals surface area contributed by atoms with E-state index in [0.29, 0.717) is 11.6 Å². The molecule has 0 spiro atoms. The predicted molar refractivity (Wildman–Crippen MR) is 73.5 cm³/mol. The SMILES string of the molecule is Nc1cc(NS(=O)(=O)Cc2ccccc2)c(F)cc1F. The number of halogens is 2. The number of hydrogen-bond acceptors (Lipinski definition) is 3. The summed E-state index contributed by atoms with van der Waals surface area (Å²) in [6, 6.07) is 9.86. The minimum atomic E-state index is -3.81. The van der Waals surface area contributed by atoms with Crippen molar-refractivity contribution in [1.82, 2.24) is 0 Å². The van der Waals surface area contributed by atoms with Crippen molar-refractivity contribution in [2.75, 3.05) is 10.5 Å². The third-order valence-electron chi connectivity index (χ3n) is 2.55. The molecule has 7 heteroatoms. The van der Waals surface area contributed by atoms with Crippen molar-refractivity contribution in [3.63, 3.8) is 0 Å². The normalized spacial score (nSPS) is 11.3. The number of nitrogen functional groups attached to an aromatic ring is 1. The second-order valence-corrected chi connectivity index (χ2v) is 5.92. The minimum absolute atomic E-state index is 0.315. The molecule has 2 aromatic rings. The van der Waals surface area contributed by atoms with Crippen LogP contribution in [0.25, 0.3) is 0 Å². The first kappa shape index (κ1) is 14.3. The molecule has 0 heterocycles. The van der Waals surface area contributed by atoms with Crippen molar-refractivity contribution >= 4 is 21.4 Å². The van der Waals surface area contributed by atoms with Crippen LogP contribution in [0, 0.1) is 11.6 Å². The van der Waals surface area contributed by atoms with Crippen molar-refractivity contribution in [2.24, 2.45) is 0 Å². The molecule has 0 saturated heterocycles. The number of sulfonamides is 1. The molecule has 0 atom stereocenters. The van der Waals surface area contributed by atoms with E-state index in [1.807, 2.05) is 0 Å². The molecule has 0 aliphatic heterocycles. The zero-order valence-corrected chi connectivity index (χ0v) is 11.1. The fraction of sp³-hybridized carbons (Fsp3) is 0.0769. The van der Waals surface area contributed by atoms with Gasteiger partial charge in [-0.2, -0.15) is 0 Å². The van der Waals surface area contributed by atoms with Crippen LogP contribution in [0.2, 0.25) is 0 Å². The highest BCUT2D eigenvalue weighted by molar-refractivity contribution is 7.91. The molecule has 4 nitrogen and oxygen atoms in total. The van der Waals surface area contributed by atoms with E-state index in [2.05, 4.69) is 4.72 Å². The first-order valence-electron chi connectivity index (χ1n) is 5.66. The van der Waals surface area contributed by atoms with Gasteiger partial charge in [-0.15, -0.1) is 0 Å². The van der Waals surface area contributed by atoms with Crippen molar-refractivity contribution in [2.45, 2.75) is 5.75 Å². The van der Waals surface area contributed by atoms with Gasteiger partial charge in [-0.05, 0) is 11.6 Å². The van der Waals surface area contributed by atoms with Gasteiger partial charge in [0.05, 0.1) is 17.1 Å². The van der Waals surface area contributed by atoms with E-state index in [1.54, 1.807) is 30.3 Å². The molecule has 0 aliphatic rings. The maximum absolute atomic E-state index is 13.5. The summed E-state index contributed by atoms with van der Waals surface area (Å²) in [7, 11) is -3.81. The van der Waals surface area contributed by atoms with E-state index >= 15 is 0 Å². The van der Waals surface area contributed by atoms with E-state index in [0.717, 1.165) is 6.07 Å². The zero-order valence-electron chi connectivity index (χ0n) is 10.3. The lowest BCUT2D eigenvalue weighted by Crippen LogP contribution is -2.16. The van der Waals surface area contributed by atoms with Crippen LogP contribution >= 0.6 is 0 Å². The molecule has 0 radical (unpaired) electrons. The van der Waals surface area contributed by atoms with Gasteiger partial charge in [0.25, 0.3) is 0 Å². The molecule has 0 bridgehead atoms. The lowest BCUT2D eigenvalue weighted by atomic mass is 10.2. The van der Waals surface area contributed by atoms with Crippen molar-refractivity contribution in [3.05, 3.63) is 59.7 Å². The third kappa shape index (κ3) is 3.45. The van der Waals surface area contributed by atoms with Crippen LogP contribution in [0.1, 0.15) is 5.56 Å². The minimum Gasteiger partial charge on any atom is -0.396 e. The second-order valence-electron chi connectivity index (χ2n) is 4.20. The average molecular weight is 298 g/mol. The summed E-state index contributed by atoms with van der Waals surface area (Å²) in [5.41, 5.74) is 5.13. The molecule has 0 unspecified atom stereocenters. The van der Waals surface area contributed by atoms with Gasteiger partial charge in [-0.25, -0.2) is 17.2 Å². The summed E-state index contributed by atoms with van der Waals surface area (Å²) in [6.45, 7) is 0.